The number of allylic oxidation sites excluding steroid dienone is 7. The minimum absolute atomic E-state index is 0.0777. The SMILES string of the molecule is N/C=C/C(C1=CC=C=C1)=C1/C=CC=CC1N. The van der Waals surface area contributed by atoms with Crippen molar-refractivity contribution in [2.75, 3.05) is 0 Å². The topological polar surface area (TPSA) is 52.0 Å². The summed E-state index contributed by atoms with van der Waals surface area (Å²) in [7, 11) is 0. The van der Waals surface area contributed by atoms with Crippen molar-refractivity contribution >= 4 is 0 Å². The van der Waals surface area contributed by atoms with E-state index in [1.54, 1.807) is 0 Å². The highest BCUT2D eigenvalue weighted by molar-refractivity contribution is 5.57. The third-order valence-electron chi connectivity index (χ3n) is 2.55. The van der Waals surface area contributed by atoms with Crippen LogP contribution >= 0.6 is 0 Å². The van der Waals surface area contributed by atoms with Crippen LogP contribution < -0.4 is 11.5 Å². The van der Waals surface area contributed by atoms with Crippen molar-refractivity contribution in [2.24, 2.45) is 11.5 Å². The molecule has 2 aliphatic carbocycles. The fourth-order valence-electron chi connectivity index (χ4n) is 1.77. The summed E-state index contributed by atoms with van der Waals surface area (Å²) >= 11 is 0. The number of nitrogens with two attached hydrogens (primary N) is 2. The lowest BCUT2D eigenvalue weighted by atomic mass is 9.92. The van der Waals surface area contributed by atoms with Crippen LogP contribution in [0.3, 0.4) is 0 Å². The van der Waals surface area contributed by atoms with Crippen LogP contribution in [0.25, 0.3) is 0 Å². The summed E-state index contributed by atoms with van der Waals surface area (Å²) in [5.74, 6) is 0. The molecule has 2 heteroatoms. The number of hydrogen-bond donors (Lipinski definition) is 2. The first-order valence-corrected chi connectivity index (χ1v) is 5.19. The summed E-state index contributed by atoms with van der Waals surface area (Å²) in [5, 5.41) is 0. The van der Waals surface area contributed by atoms with Gasteiger partial charge < -0.3 is 11.5 Å². The van der Waals surface area contributed by atoms with Crippen molar-refractivity contribution in [3.05, 3.63) is 77.3 Å². The van der Waals surface area contributed by atoms with E-state index in [1.165, 1.54) is 6.20 Å². The average Bonchev–Trinajstić information content (AvgIpc) is 2.80. The lowest BCUT2D eigenvalue weighted by molar-refractivity contribution is 0.961. The summed E-state index contributed by atoms with van der Waals surface area (Å²) in [6.07, 6.45) is 17.1. The molecule has 0 aliphatic heterocycles. The van der Waals surface area contributed by atoms with Gasteiger partial charge in [0.25, 0.3) is 0 Å². The van der Waals surface area contributed by atoms with Crippen molar-refractivity contribution in [3.8, 4) is 0 Å². The second-order valence-corrected chi connectivity index (χ2v) is 3.60. The van der Waals surface area contributed by atoms with Crippen LogP contribution in [0, 0.1) is 0 Å². The average molecular weight is 210 g/mol. The lowest BCUT2D eigenvalue weighted by Crippen LogP contribution is -2.21. The molecule has 0 fully saturated rings. The van der Waals surface area contributed by atoms with E-state index in [0.29, 0.717) is 0 Å². The summed E-state index contributed by atoms with van der Waals surface area (Å²) in [6.45, 7) is 0. The molecule has 2 nitrogen and oxygen atoms in total. The minimum Gasteiger partial charge on any atom is -0.405 e. The largest absolute Gasteiger partial charge is 0.405 e. The van der Waals surface area contributed by atoms with Crippen molar-refractivity contribution < 1.29 is 0 Å². The second-order valence-electron chi connectivity index (χ2n) is 3.60. The standard InChI is InChI=1S/C14H14N2/c15-10-9-12(11-5-1-2-6-11)13-7-3-4-8-14(13)16/h1,3-10,14H,15-16H2/b10-9+,13-12+. The lowest BCUT2D eigenvalue weighted by Gasteiger charge is -2.16. The van der Waals surface area contributed by atoms with E-state index < -0.39 is 0 Å². The van der Waals surface area contributed by atoms with Crippen LogP contribution in [0.5, 0.6) is 0 Å². The van der Waals surface area contributed by atoms with Crippen LogP contribution in [0.4, 0.5) is 0 Å². The van der Waals surface area contributed by atoms with Gasteiger partial charge in [-0.15, -0.1) is 5.73 Å². The fraction of sp³-hybridized carbons (Fsp3) is 0.0714. The predicted octanol–water partition coefficient (Wildman–Crippen LogP) is 1.86. The van der Waals surface area contributed by atoms with Gasteiger partial charge in [0, 0.05) is 6.04 Å². The molecular formula is C14H14N2. The molecular weight excluding hydrogens is 196 g/mol. The first-order chi connectivity index (χ1) is 7.83. The highest BCUT2D eigenvalue weighted by atomic mass is 14.6. The van der Waals surface area contributed by atoms with Crippen molar-refractivity contribution in [1.82, 2.24) is 0 Å². The number of rotatable bonds is 2. The molecule has 0 radical (unpaired) electrons. The Morgan fingerprint density at radius 3 is 2.88 bits per heavy atom. The molecule has 0 bridgehead atoms. The quantitative estimate of drug-likeness (QED) is 0.683. The first-order valence-electron chi connectivity index (χ1n) is 5.19. The van der Waals surface area contributed by atoms with Crippen molar-refractivity contribution in [3.63, 3.8) is 0 Å². The molecule has 0 heterocycles. The Bertz CT molecular complexity index is 493. The first kappa shape index (κ1) is 10.5. The Hall–Kier alpha value is -2.02. The Kier molecular flexibility index (Phi) is 3.06. The maximum absolute atomic E-state index is 6.04. The van der Waals surface area contributed by atoms with Crippen molar-refractivity contribution in [2.45, 2.75) is 6.04 Å². The zero-order valence-electron chi connectivity index (χ0n) is 8.93. The van der Waals surface area contributed by atoms with Gasteiger partial charge in [-0.05, 0) is 47.2 Å². The highest BCUT2D eigenvalue weighted by Gasteiger charge is 2.12. The molecule has 2 aliphatic rings. The maximum Gasteiger partial charge on any atom is 0.0490 e. The van der Waals surface area contributed by atoms with Gasteiger partial charge in [0.1, 0.15) is 0 Å². The molecule has 2 rings (SSSR count). The second kappa shape index (κ2) is 4.67. The molecule has 0 amide bonds. The van der Waals surface area contributed by atoms with Gasteiger partial charge in [0.2, 0.25) is 0 Å². The van der Waals surface area contributed by atoms with Crippen LogP contribution in [-0.2, 0) is 0 Å². The van der Waals surface area contributed by atoms with Crippen molar-refractivity contribution in [1.29, 1.82) is 0 Å². The summed E-state index contributed by atoms with van der Waals surface area (Å²) < 4.78 is 0. The number of hydrogen-bond acceptors (Lipinski definition) is 2. The van der Waals surface area contributed by atoms with E-state index in [1.807, 2.05) is 48.6 Å². The van der Waals surface area contributed by atoms with E-state index in [2.05, 4.69) is 5.73 Å². The van der Waals surface area contributed by atoms with Gasteiger partial charge in [-0.3, -0.25) is 0 Å². The normalized spacial score (nSPS) is 25.6. The Morgan fingerprint density at radius 1 is 1.38 bits per heavy atom. The Morgan fingerprint density at radius 2 is 2.25 bits per heavy atom. The van der Waals surface area contributed by atoms with Gasteiger partial charge in [-0.1, -0.05) is 24.3 Å². The van der Waals surface area contributed by atoms with E-state index >= 15 is 0 Å². The molecule has 0 aromatic carbocycles. The smallest absolute Gasteiger partial charge is 0.0490 e. The van der Waals surface area contributed by atoms with E-state index in [-0.39, 0.29) is 6.04 Å². The Labute approximate surface area is 95.3 Å². The minimum atomic E-state index is -0.0777. The third-order valence-corrected chi connectivity index (χ3v) is 2.55. The van der Waals surface area contributed by atoms with Crippen LogP contribution in [0.1, 0.15) is 0 Å². The van der Waals surface area contributed by atoms with Crippen LogP contribution in [0.15, 0.2) is 77.3 Å². The van der Waals surface area contributed by atoms with Gasteiger partial charge in [0.15, 0.2) is 0 Å². The highest BCUT2D eigenvalue weighted by Crippen LogP contribution is 2.24. The zero-order chi connectivity index (χ0) is 11.4. The predicted molar refractivity (Wildman–Crippen MR) is 67.3 cm³/mol. The van der Waals surface area contributed by atoms with Gasteiger partial charge >= 0.3 is 0 Å². The summed E-state index contributed by atoms with van der Waals surface area (Å²) in [4.78, 5) is 0. The fourth-order valence-corrected chi connectivity index (χ4v) is 1.77. The van der Waals surface area contributed by atoms with Gasteiger partial charge in [-0.2, -0.15) is 0 Å². The van der Waals surface area contributed by atoms with E-state index in [9.17, 15) is 0 Å². The van der Waals surface area contributed by atoms with Crippen LogP contribution in [-0.4, -0.2) is 6.04 Å². The van der Waals surface area contributed by atoms with E-state index in [4.69, 9.17) is 11.5 Å². The van der Waals surface area contributed by atoms with Crippen LogP contribution in [0.2, 0.25) is 0 Å². The third kappa shape index (κ3) is 1.98. The molecule has 1 atom stereocenters. The molecule has 0 saturated carbocycles. The van der Waals surface area contributed by atoms with E-state index in [0.717, 1.165) is 16.7 Å². The summed E-state index contributed by atoms with van der Waals surface area (Å²) in [5.41, 5.74) is 17.8. The molecule has 0 saturated heterocycles. The monoisotopic (exact) mass is 210 g/mol. The molecule has 16 heavy (non-hydrogen) atoms. The molecule has 80 valence electrons. The Balaban J connectivity index is 2.46. The molecule has 4 N–H and O–H groups in total. The van der Waals surface area contributed by atoms with Gasteiger partial charge in [0.05, 0.1) is 0 Å². The molecule has 0 aromatic rings. The molecule has 0 spiro atoms. The molecule has 1 unspecified atom stereocenters. The summed E-state index contributed by atoms with van der Waals surface area (Å²) in [6, 6.07) is -0.0777. The maximum atomic E-state index is 6.04. The van der Waals surface area contributed by atoms with Gasteiger partial charge in [-0.25, -0.2) is 0 Å². The molecule has 0 aromatic heterocycles. The zero-order valence-corrected chi connectivity index (χ0v) is 8.93.